The van der Waals surface area contributed by atoms with Crippen LogP contribution < -0.4 is 5.73 Å². The first-order chi connectivity index (χ1) is 8.81. The Balaban J connectivity index is 2.57. The number of rotatable bonds is 4. The Bertz CT molecular complexity index is 706. The minimum atomic E-state index is -3.11. The van der Waals surface area contributed by atoms with Gasteiger partial charge in [0.1, 0.15) is 22.3 Å². The van der Waals surface area contributed by atoms with Crippen molar-refractivity contribution in [3.8, 4) is 0 Å². The Morgan fingerprint density at radius 2 is 2.16 bits per heavy atom. The van der Waals surface area contributed by atoms with Crippen LogP contribution in [0, 0.1) is 0 Å². The fraction of sp³-hybridized carbons (Fsp3) is 0.417. The molecule has 7 heteroatoms. The van der Waals surface area contributed by atoms with Crippen LogP contribution in [0.25, 0.3) is 11.0 Å². The van der Waals surface area contributed by atoms with Crippen molar-refractivity contribution in [1.29, 1.82) is 0 Å². The third kappa shape index (κ3) is 2.87. The summed E-state index contributed by atoms with van der Waals surface area (Å²) in [7, 11) is -3.11. The predicted molar refractivity (Wildman–Crippen MR) is 74.5 cm³/mol. The first kappa shape index (κ1) is 13.8. The molecule has 2 rings (SSSR count). The Labute approximate surface area is 111 Å². The molecule has 1 unspecified atom stereocenters. The van der Waals surface area contributed by atoms with Gasteiger partial charge in [-0.05, 0) is 25.1 Å². The minimum Gasteiger partial charge on any atom is -0.399 e. The Morgan fingerprint density at radius 1 is 1.47 bits per heavy atom. The second kappa shape index (κ2) is 4.82. The second-order valence-corrected chi connectivity index (χ2v) is 6.93. The molecule has 104 valence electrons. The smallest absolute Gasteiger partial charge is 0.149 e. The number of aliphatic hydroxyl groups excluding tert-OH is 1. The lowest BCUT2D eigenvalue weighted by atomic mass is 10.2. The molecule has 3 N–H and O–H groups in total. The molecule has 0 spiro atoms. The lowest BCUT2D eigenvalue weighted by molar-refractivity contribution is 0.263. The van der Waals surface area contributed by atoms with Gasteiger partial charge in [-0.15, -0.1) is 0 Å². The summed E-state index contributed by atoms with van der Waals surface area (Å²) in [4.78, 5) is 4.28. The zero-order valence-electron chi connectivity index (χ0n) is 10.9. The Hall–Kier alpha value is -1.60. The molecule has 0 amide bonds. The van der Waals surface area contributed by atoms with Gasteiger partial charge in [-0.1, -0.05) is 0 Å². The number of aliphatic hydroxyl groups is 1. The standard InChI is InChI=1S/C12H17N3O3S/c1-8(7-19(2,17)18)15-11-4-3-9(13)5-10(11)14-12(15)6-16/h3-5,8,16H,6-7,13H2,1-2H3. The van der Waals surface area contributed by atoms with Gasteiger partial charge in [-0.25, -0.2) is 13.4 Å². The van der Waals surface area contributed by atoms with Crippen molar-refractivity contribution < 1.29 is 13.5 Å². The number of nitrogens with two attached hydrogens (primary N) is 1. The first-order valence-corrected chi connectivity index (χ1v) is 7.93. The molecule has 1 aromatic carbocycles. The average molecular weight is 283 g/mol. The number of benzene rings is 1. The number of aromatic nitrogens is 2. The molecule has 1 heterocycles. The van der Waals surface area contributed by atoms with Crippen molar-refractivity contribution >= 4 is 26.6 Å². The third-order valence-corrected chi connectivity index (χ3v) is 4.00. The molecular weight excluding hydrogens is 266 g/mol. The molecule has 0 aliphatic rings. The highest BCUT2D eigenvalue weighted by atomic mass is 32.2. The minimum absolute atomic E-state index is 0.00413. The van der Waals surface area contributed by atoms with Crippen LogP contribution in [0.15, 0.2) is 18.2 Å². The van der Waals surface area contributed by atoms with Gasteiger partial charge in [-0.3, -0.25) is 0 Å². The topological polar surface area (TPSA) is 98.2 Å². The summed E-state index contributed by atoms with van der Waals surface area (Å²) in [6.07, 6.45) is 1.19. The molecule has 1 aromatic heterocycles. The summed E-state index contributed by atoms with van der Waals surface area (Å²) < 4.78 is 24.6. The molecular formula is C12H17N3O3S. The fourth-order valence-electron chi connectivity index (χ4n) is 2.28. The fourth-order valence-corrected chi connectivity index (χ4v) is 3.31. The van der Waals surface area contributed by atoms with Crippen molar-refractivity contribution in [2.75, 3.05) is 17.7 Å². The van der Waals surface area contributed by atoms with Gasteiger partial charge in [0.05, 0.1) is 16.8 Å². The number of hydrogen-bond acceptors (Lipinski definition) is 5. The first-order valence-electron chi connectivity index (χ1n) is 5.86. The highest BCUT2D eigenvalue weighted by Crippen LogP contribution is 2.24. The van der Waals surface area contributed by atoms with E-state index in [1.54, 1.807) is 29.7 Å². The van der Waals surface area contributed by atoms with Crippen LogP contribution in [0.5, 0.6) is 0 Å². The zero-order valence-corrected chi connectivity index (χ0v) is 11.7. The summed E-state index contributed by atoms with van der Waals surface area (Å²) in [6, 6.07) is 4.92. The van der Waals surface area contributed by atoms with Crippen LogP contribution in [0.3, 0.4) is 0 Å². The Kier molecular flexibility index (Phi) is 3.51. The van der Waals surface area contributed by atoms with E-state index in [2.05, 4.69) is 4.98 Å². The molecule has 0 radical (unpaired) electrons. The van der Waals surface area contributed by atoms with E-state index in [9.17, 15) is 13.5 Å². The highest BCUT2D eigenvalue weighted by Gasteiger charge is 2.18. The number of hydrogen-bond donors (Lipinski definition) is 2. The molecule has 1 atom stereocenters. The molecule has 0 saturated heterocycles. The number of fused-ring (bicyclic) bond motifs is 1. The molecule has 0 saturated carbocycles. The van der Waals surface area contributed by atoms with Gasteiger partial charge in [-0.2, -0.15) is 0 Å². The summed E-state index contributed by atoms with van der Waals surface area (Å²) >= 11 is 0. The van der Waals surface area contributed by atoms with E-state index in [4.69, 9.17) is 5.73 Å². The second-order valence-electron chi connectivity index (χ2n) is 4.75. The molecule has 19 heavy (non-hydrogen) atoms. The summed E-state index contributed by atoms with van der Waals surface area (Å²) in [5.41, 5.74) is 7.71. The van der Waals surface area contributed by atoms with Crippen LogP contribution in [0.4, 0.5) is 5.69 Å². The van der Waals surface area contributed by atoms with Crippen molar-refractivity contribution in [3.63, 3.8) is 0 Å². The molecule has 6 nitrogen and oxygen atoms in total. The predicted octanol–water partition coefficient (Wildman–Crippen LogP) is 0.716. The maximum Gasteiger partial charge on any atom is 0.149 e. The lowest BCUT2D eigenvalue weighted by Gasteiger charge is -2.16. The van der Waals surface area contributed by atoms with Crippen molar-refractivity contribution in [1.82, 2.24) is 9.55 Å². The molecule has 0 bridgehead atoms. The maximum absolute atomic E-state index is 11.4. The van der Waals surface area contributed by atoms with Crippen LogP contribution >= 0.6 is 0 Å². The Morgan fingerprint density at radius 3 is 2.74 bits per heavy atom. The SMILES string of the molecule is CC(CS(C)(=O)=O)n1c(CO)nc2cc(N)ccc21. The van der Waals surface area contributed by atoms with Crippen LogP contribution in [0.2, 0.25) is 0 Å². The van der Waals surface area contributed by atoms with Crippen molar-refractivity contribution in [2.45, 2.75) is 19.6 Å². The number of imidazole rings is 1. The van der Waals surface area contributed by atoms with Gasteiger partial charge in [0.25, 0.3) is 0 Å². The maximum atomic E-state index is 11.4. The molecule has 0 aliphatic carbocycles. The summed E-state index contributed by atoms with van der Waals surface area (Å²) in [5.74, 6) is 0.437. The average Bonchev–Trinajstić information content (AvgIpc) is 2.63. The summed E-state index contributed by atoms with van der Waals surface area (Å²) in [5, 5.41) is 9.37. The van der Waals surface area contributed by atoms with Crippen LogP contribution in [-0.4, -0.2) is 35.1 Å². The van der Waals surface area contributed by atoms with E-state index < -0.39 is 9.84 Å². The largest absolute Gasteiger partial charge is 0.399 e. The van der Waals surface area contributed by atoms with E-state index in [0.717, 1.165) is 5.52 Å². The van der Waals surface area contributed by atoms with E-state index in [0.29, 0.717) is 17.0 Å². The summed E-state index contributed by atoms with van der Waals surface area (Å²) in [6.45, 7) is 1.54. The van der Waals surface area contributed by atoms with Gasteiger partial charge in [0, 0.05) is 18.0 Å². The molecule has 2 aromatic rings. The van der Waals surface area contributed by atoms with E-state index in [1.165, 1.54) is 6.26 Å². The van der Waals surface area contributed by atoms with E-state index in [1.807, 2.05) is 0 Å². The van der Waals surface area contributed by atoms with Crippen molar-refractivity contribution in [2.24, 2.45) is 0 Å². The number of sulfone groups is 1. The van der Waals surface area contributed by atoms with Crippen LogP contribution in [0.1, 0.15) is 18.8 Å². The number of anilines is 1. The third-order valence-electron chi connectivity index (χ3n) is 2.91. The number of nitrogens with zero attached hydrogens (tertiary/aromatic N) is 2. The number of nitrogen functional groups attached to an aromatic ring is 1. The van der Waals surface area contributed by atoms with Crippen LogP contribution in [-0.2, 0) is 16.4 Å². The quantitative estimate of drug-likeness (QED) is 0.805. The monoisotopic (exact) mass is 283 g/mol. The lowest BCUT2D eigenvalue weighted by Crippen LogP contribution is -2.18. The van der Waals surface area contributed by atoms with Gasteiger partial charge in [0.15, 0.2) is 0 Å². The molecule has 0 aliphatic heterocycles. The molecule has 0 fully saturated rings. The van der Waals surface area contributed by atoms with Gasteiger partial charge < -0.3 is 15.4 Å². The normalized spacial score (nSPS) is 13.8. The van der Waals surface area contributed by atoms with Crippen molar-refractivity contribution in [3.05, 3.63) is 24.0 Å². The van der Waals surface area contributed by atoms with E-state index in [-0.39, 0.29) is 18.4 Å². The zero-order chi connectivity index (χ0) is 14.2. The van der Waals surface area contributed by atoms with Gasteiger partial charge in [0.2, 0.25) is 0 Å². The highest BCUT2D eigenvalue weighted by molar-refractivity contribution is 7.90. The van der Waals surface area contributed by atoms with E-state index >= 15 is 0 Å². The van der Waals surface area contributed by atoms with Gasteiger partial charge >= 0.3 is 0 Å².